The quantitative estimate of drug-likeness (QED) is 0.487. The van der Waals surface area contributed by atoms with Crippen LogP contribution in [0, 0.1) is 17.8 Å². The molecular formula is C14H21IN4. The van der Waals surface area contributed by atoms with Gasteiger partial charge in [0.25, 0.3) is 0 Å². The van der Waals surface area contributed by atoms with Crippen molar-refractivity contribution in [3.05, 3.63) is 24.4 Å². The Morgan fingerprint density at radius 2 is 2.26 bits per heavy atom. The van der Waals surface area contributed by atoms with Gasteiger partial charge in [-0.2, -0.15) is 0 Å². The molecular weight excluding hydrogens is 351 g/mol. The van der Waals surface area contributed by atoms with Gasteiger partial charge in [0, 0.05) is 12.7 Å². The molecule has 4 nitrogen and oxygen atoms in total. The van der Waals surface area contributed by atoms with Crippen molar-refractivity contribution in [2.45, 2.75) is 25.7 Å². The molecule has 1 heterocycles. The van der Waals surface area contributed by atoms with Gasteiger partial charge >= 0.3 is 0 Å². The number of aliphatic imine (C=N–C) groups is 1. The van der Waals surface area contributed by atoms with E-state index in [9.17, 15) is 0 Å². The number of aromatic nitrogens is 1. The third-order valence-corrected chi connectivity index (χ3v) is 4.30. The number of pyridine rings is 1. The molecule has 0 aromatic carbocycles. The number of rotatable bonds is 3. The molecule has 0 amide bonds. The van der Waals surface area contributed by atoms with E-state index < -0.39 is 0 Å². The smallest absolute Gasteiger partial charge is 0.194 e. The van der Waals surface area contributed by atoms with E-state index in [-0.39, 0.29) is 24.0 Å². The fraction of sp³-hybridized carbons (Fsp3) is 0.571. The van der Waals surface area contributed by atoms with Crippen LogP contribution in [0.15, 0.2) is 29.4 Å². The van der Waals surface area contributed by atoms with E-state index in [1.807, 2.05) is 18.2 Å². The Bertz CT molecular complexity index is 434. The molecule has 3 atom stereocenters. The normalized spacial score (nSPS) is 29.1. The van der Waals surface area contributed by atoms with Crippen LogP contribution in [0.2, 0.25) is 0 Å². The van der Waals surface area contributed by atoms with Crippen LogP contribution in [0.25, 0.3) is 0 Å². The van der Waals surface area contributed by atoms with E-state index >= 15 is 0 Å². The van der Waals surface area contributed by atoms with E-state index in [4.69, 9.17) is 5.73 Å². The summed E-state index contributed by atoms with van der Waals surface area (Å²) in [5.74, 6) is 3.87. The molecule has 3 rings (SSSR count). The SMILES string of the molecule is I.NC(=NCC1CC2CCC1C2)Nc1ccccn1. The Labute approximate surface area is 131 Å². The predicted octanol–water partition coefficient (Wildman–Crippen LogP) is 2.86. The molecule has 0 spiro atoms. The Balaban J connectivity index is 0.00000133. The van der Waals surface area contributed by atoms with Gasteiger partial charge in [-0.1, -0.05) is 12.5 Å². The Morgan fingerprint density at radius 1 is 1.37 bits per heavy atom. The maximum Gasteiger partial charge on any atom is 0.194 e. The summed E-state index contributed by atoms with van der Waals surface area (Å²) >= 11 is 0. The minimum Gasteiger partial charge on any atom is -0.370 e. The van der Waals surface area contributed by atoms with E-state index in [0.29, 0.717) is 5.96 Å². The van der Waals surface area contributed by atoms with Crippen LogP contribution in [-0.4, -0.2) is 17.5 Å². The highest BCUT2D eigenvalue weighted by Gasteiger charge is 2.39. The highest BCUT2D eigenvalue weighted by atomic mass is 127. The van der Waals surface area contributed by atoms with Crippen molar-refractivity contribution in [2.75, 3.05) is 11.9 Å². The summed E-state index contributed by atoms with van der Waals surface area (Å²) in [5.41, 5.74) is 5.88. The van der Waals surface area contributed by atoms with E-state index in [1.165, 1.54) is 25.7 Å². The molecule has 2 saturated carbocycles. The molecule has 2 fully saturated rings. The number of guanidine groups is 1. The number of hydrogen-bond acceptors (Lipinski definition) is 2. The van der Waals surface area contributed by atoms with Crippen LogP contribution >= 0.6 is 24.0 Å². The number of fused-ring (bicyclic) bond motifs is 2. The van der Waals surface area contributed by atoms with Crippen LogP contribution in [0.3, 0.4) is 0 Å². The molecule has 2 aliphatic rings. The second-order valence-electron chi connectivity index (χ2n) is 5.50. The molecule has 0 radical (unpaired) electrons. The largest absolute Gasteiger partial charge is 0.370 e. The average Bonchev–Trinajstić information content (AvgIpc) is 3.00. The molecule has 3 N–H and O–H groups in total. The summed E-state index contributed by atoms with van der Waals surface area (Å²) in [6.45, 7) is 0.868. The summed E-state index contributed by atoms with van der Waals surface area (Å²) in [6.07, 6.45) is 7.36. The first-order valence-corrected chi connectivity index (χ1v) is 6.79. The van der Waals surface area contributed by atoms with Crippen LogP contribution in [-0.2, 0) is 0 Å². The summed E-state index contributed by atoms with van der Waals surface area (Å²) < 4.78 is 0. The monoisotopic (exact) mass is 372 g/mol. The zero-order valence-corrected chi connectivity index (χ0v) is 13.3. The second kappa shape index (κ2) is 6.54. The van der Waals surface area contributed by atoms with Crippen LogP contribution < -0.4 is 11.1 Å². The molecule has 2 aliphatic carbocycles. The summed E-state index contributed by atoms with van der Waals surface area (Å²) in [7, 11) is 0. The van der Waals surface area contributed by atoms with Gasteiger partial charge in [0.2, 0.25) is 0 Å². The Hall–Kier alpha value is -0.850. The zero-order chi connectivity index (χ0) is 12.4. The third-order valence-electron chi connectivity index (χ3n) is 4.30. The van der Waals surface area contributed by atoms with Crippen molar-refractivity contribution in [3.63, 3.8) is 0 Å². The highest BCUT2D eigenvalue weighted by Crippen LogP contribution is 2.48. The number of anilines is 1. The highest BCUT2D eigenvalue weighted by molar-refractivity contribution is 14.0. The van der Waals surface area contributed by atoms with Gasteiger partial charge in [0.1, 0.15) is 5.82 Å². The predicted molar refractivity (Wildman–Crippen MR) is 88.7 cm³/mol. The van der Waals surface area contributed by atoms with Crippen molar-refractivity contribution in [2.24, 2.45) is 28.5 Å². The number of nitrogens with zero attached hydrogens (tertiary/aromatic N) is 2. The lowest BCUT2D eigenvalue weighted by Crippen LogP contribution is -2.25. The standard InChI is InChI=1S/C14H20N4.HI/c15-14(18-13-3-1-2-6-16-13)17-9-12-8-10-4-5-11(12)7-10;/h1-3,6,10-12H,4-5,7-9H2,(H3,15,16,17,18);1H. The van der Waals surface area contributed by atoms with E-state index in [2.05, 4.69) is 15.3 Å². The lowest BCUT2D eigenvalue weighted by atomic mass is 9.89. The van der Waals surface area contributed by atoms with Gasteiger partial charge in [-0.05, 0) is 49.1 Å². The minimum absolute atomic E-state index is 0. The molecule has 0 aliphatic heterocycles. The summed E-state index contributed by atoms with van der Waals surface area (Å²) in [4.78, 5) is 8.63. The average molecular weight is 372 g/mol. The summed E-state index contributed by atoms with van der Waals surface area (Å²) in [5, 5.41) is 3.03. The molecule has 3 unspecified atom stereocenters. The fourth-order valence-corrected chi connectivity index (χ4v) is 3.42. The molecule has 0 saturated heterocycles. The van der Waals surface area contributed by atoms with E-state index in [1.54, 1.807) is 6.20 Å². The summed E-state index contributed by atoms with van der Waals surface area (Å²) in [6, 6.07) is 5.70. The number of nitrogens with two attached hydrogens (primary N) is 1. The maximum absolute atomic E-state index is 5.88. The molecule has 19 heavy (non-hydrogen) atoms. The third kappa shape index (κ3) is 3.58. The van der Waals surface area contributed by atoms with Crippen LogP contribution in [0.1, 0.15) is 25.7 Å². The fourth-order valence-electron chi connectivity index (χ4n) is 3.42. The lowest BCUT2D eigenvalue weighted by molar-refractivity contribution is 0.342. The Morgan fingerprint density at radius 3 is 2.89 bits per heavy atom. The van der Waals surface area contributed by atoms with Crippen molar-refractivity contribution in [1.29, 1.82) is 0 Å². The first-order chi connectivity index (χ1) is 8.81. The molecule has 1 aromatic rings. The second-order valence-corrected chi connectivity index (χ2v) is 5.50. The lowest BCUT2D eigenvalue weighted by Gasteiger charge is -2.19. The van der Waals surface area contributed by atoms with Crippen molar-refractivity contribution in [1.82, 2.24) is 4.98 Å². The molecule has 2 bridgehead atoms. The van der Waals surface area contributed by atoms with Crippen LogP contribution in [0.5, 0.6) is 0 Å². The van der Waals surface area contributed by atoms with Crippen LogP contribution in [0.4, 0.5) is 5.82 Å². The van der Waals surface area contributed by atoms with Crippen molar-refractivity contribution < 1.29 is 0 Å². The topological polar surface area (TPSA) is 63.3 Å². The number of hydrogen-bond donors (Lipinski definition) is 2. The first-order valence-electron chi connectivity index (χ1n) is 6.79. The van der Waals surface area contributed by atoms with Gasteiger partial charge in [-0.15, -0.1) is 24.0 Å². The number of nitrogens with one attached hydrogen (secondary N) is 1. The van der Waals surface area contributed by atoms with Crippen molar-refractivity contribution in [3.8, 4) is 0 Å². The van der Waals surface area contributed by atoms with Gasteiger partial charge in [-0.3, -0.25) is 4.99 Å². The van der Waals surface area contributed by atoms with Gasteiger partial charge in [0.15, 0.2) is 5.96 Å². The molecule has 5 heteroatoms. The van der Waals surface area contributed by atoms with Gasteiger partial charge < -0.3 is 11.1 Å². The minimum atomic E-state index is 0. The number of halogens is 1. The molecule has 104 valence electrons. The van der Waals surface area contributed by atoms with E-state index in [0.717, 1.165) is 30.1 Å². The van der Waals surface area contributed by atoms with Gasteiger partial charge in [0.05, 0.1) is 0 Å². The zero-order valence-electron chi connectivity index (χ0n) is 11.0. The van der Waals surface area contributed by atoms with Crippen molar-refractivity contribution >= 4 is 35.8 Å². The molecule has 1 aromatic heterocycles. The Kier molecular flexibility index (Phi) is 5.01. The maximum atomic E-state index is 5.88. The van der Waals surface area contributed by atoms with Gasteiger partial charge in [-0.25, -0.2) is 4.98 Å². The first kappa shape index (κ1) is 14.6.